The molecule has 0 atom stereocenters. The van der Waals surface area contributed by atoms with Gasteiger partial charge in [-0.15, -0.1) is 11.8 Å². The molecule has 1 aromatic rings. The maximum atomic E-state index is 11.6. The summed E-state index contributed by atoms with van der Waals surface area (Å²) in [5.41, 5.74) is 7.44. The molecule has 1 fully saturated rings. The quantitative estimate of drug-likeness (QED) is 0.578. The summed E-state index contributed by atoms with van der Waals surface area (Å²) in [4.78, 5) is 23.9. The molecule has 0 spiro atoms. The largest absolute Gasteiger partial charge is 0.399 e. The van der Waals surface area contributed by atoms with Gasteiger partial charge in [0.15, 0.2) is 0 Å². The molecule has 4 N–H and O–H groups in total. The number of imide groups is 1. The molecule has 0 radical (unpaired) electrons. The lowest BCUT2D eigenvalue weighted by Gasteiger charge is -2.06. The van der Waals surface area contributed by atoms with Crippen LogP contribution in [0.4, 0.5) is 10.5 Å². The summed E-state index contributed by atoms with van der Waals surface area (Å²) in [6, 6.07) is 5.46. The zero-order valence-electron chi connectivity index (χ0n) is 10.7. The summed E-state index contributed by atoms with van der Waals surface area (Å²) >= 11 is 1.38. The molecule has 0 unspecified atom stereocenters. The Balaban J connectivity index is 1.75. The number of benzene rings is 1. The molecule has 1 saturated carbocycles. The molecular formula is C13H17N3O2S. The topological polar surface area (TPSA) is 84.2 Å². The van der Waals surface area contributed by atoms with E-state index in [1.165, 1.54) is 11.8 Å². The summed E-state index contributed by atoms with van der Waals surface area (Å²) < 4.78 is 0. The molecule has 3 amide bonds. The molecule has 102 valence electrons. The van der Waals surface area contributed by atoms with Gasteiger partial charge in [0, 0.05) is 16.6 Å². The zero-order valence-corrected chi connectivity index (χ0v) is 11.5. The summed E-state index contributed by atoms with van der Waals surface area (Å²) in [6.45, 7) is 1.92. The van der Waals surface area contributed by atoms with E-state index in [0.29, 0.717) is 0 Å². The number of thioether (sulfide) groups is 1. The van der Waals surface area contributed by atoms with Crippen molar-refractivity contribution in [3.63, 3.8) is 0 Å². The second-order valence-corrected chi connectivity index (χ2v) is 5.65. The molecule has 19 heavy (non-hydrogen) atoms. The van der Waals surface area contributed by atoms with Crippen LogP contribution in [-0.4, -0.2) is 23.7 Å². The average Bonchev–Trinajstić information content (AvgIpc) is 3.14. The van der Waals surface area contributed by atoms with Crippen LogP contribution >= 0.6 is 11.8 Å². The van der Waals surface area contributed by atoms with E-state index in [2.05, 4.69) is 10.6 Å². The van der Waals surface area contributed by atoms with Gasteiger partial charge in [0.1, 0.15) is 0 Å². The van der Waals surface area contributed by atoms with Crippen LogP contribution in [0.5, 0.6) is 0 Å². The maximum absolute atomic E-state index is 11.6. The van der Waals surface area contributed by atoms with Crippen LogP contribution in [0.15, 0.2) is 23.1 Å². The Morgan fingerprint density at radius 3 is 2.79 bits per heavy atom. The summed E-state index contributed by atoms with van der Waals surface area (Å²) in [5, 5.41) is 5.02. The highest BCUT2D eigenvalue weighted by Crippen LogP contribution is 2.22. The van der Waals surface area contributed by atoms with Crippen molar-refractivity contribution in [2.45, 2.75) is 30.7 Å². The molecule has 0 bridgehead atoms. The SMILES string of the molecule is Cc1cc(SCC(=O)NC(=O)NC2CC2)ccc1N. The van der Waals surface area contributed by atoms with Crippen LogP contribution in [0.1, 0.15) is 18.4 Å². The van der Waals surface area contributed by atoms with Crippen molar-refractivity contribution < 1.29 is 9.59 Å². The number of hydrogen-bond donors (Lipinski definition) is 3. The minimum absolute atomic E-state index is 0.210. The second-order valence-electron chi connectivity index (χ2n) is 4.60. The number of aryl methyl sites for hydroxylation is 1. The predicted molar refractivity (Wildman–Crippen MR) is 76.0 cm³/mol. The third kappa shape index (κ3) is 4.48. The lowest BCUT2D eigenvalue weighted by Crippen LogP contribution is -2.41. The molecule has 0 aliphatic heterocycles. The van der Waals surface area contributed by atoms with Crippen molar-refractivity contribution >= 4 is 29.4 Å². The van der Waals surface area contributed by atoms with E-state index >= 15 is 0 Å². The fourth-order valence-electron chi connectivity index (χ4n) is 1.50. The van der Waals surface area contributed by atoms with Gasteiger partial charge in [-0.1, -0.05) is 0 Å². The van der Waals surface area contributed by atoms with E-state index in [4.69, 9.17) is 5.73 Å². The van der Waals surface area contributed by atoms with Gasteiger partial charge < -0.3 is 11.1 Å². The third-order valence-electron chi connectivity index (χ3n) is 2.78. The Morgan fingerprint density at radius 1 is 1.42 bits per heavy atom. The Bertz CT molecular complexity index is 501. The van der Waals surface area contributed by atoms with Crippen LogP contribution in [-0.2, 0) is 4.79 Å². The second kappa shape index (κ2) is 5.97. The predicted octanol–water partition coefficient (Wildman–Crippen LogP) is 1.66. The van der Waals surface area contributed by atoms with E-state index in [-0.39, 0.29) is 17.7 Å². The van der Waals surface area contributed by atoms with Gasteiger partial charge in [-0.2, -0.15) is 0 Å². The molecule has 0 saturated heterocycles. The number of nitrogen functional groups attached to an aromatic ring is 1. The minimum Gasteiger partial charge on any atom is -0.399 e. The highest BCUT2D eigenvalue weighted by molar-refractivity contribution is 8.00. The summed E-state index contributed by atoms with van der Waals surface area (Å²) in [7, 11) is 0. The van der Waals surface area contributed by atoms with E-state index in [1.54, 1.807) is 0 Å². The molecule has 6 heteroatoms. The molecule has 2 rings (SSSR count). The van der Waals surface area contributed by atoms with E-state index < -0.39 is 6.03 Å². The van der Waals surface area contributed by atoms with Gasteiger partial charge >= 0.3 is 6.03 Å². The normalized spacial score (nSPS) is 13.9. The Kier molecular flexibility index (Phi) is 4.31. The molecule has 1 aromatic carbocycles. The van der Waals surface area contributed by atoms with Crippen LogP contribution in [0.3, 0.4) is 0 Å². The third-order valence-corrected chi connectivity index (χ3v) is 3.77. The smallest absolute Gasteiger partial charge is 0.321 e. The number of nitrogens with one attached hydrogen (secondary N) is 2. The monoisotopic (exact) mass is 279 g/mol. The number of hydrogen-bond acceptors (Lipinski definition) is 4. The average molecular weight is 279 g/mol. The minimum atomic E-state index is -0.401. The van der Waals surface area contributed by atoms with Crippen molar-refractivity contribution in [3.8, 4) is 0 Å². The molecule has 0 heterocycles. The Hall–Kier alpha value is -1.69. The van der Waals surface area contributed by atoms with Crippen LogP contribution in [0.2, 0.25) is 0 Å². The molecule has 1 aliphatic carbocycles. The summed E-state index contributed by atoms with van der Waals surface area (Å²) in [6.07, 6.45) is 2.00. The number of anilines is 1. The number of carbonyl (C=O) groups excluding carboxylic acids is 2. The number of nitrogens with two attached hydrogens (primary N) is 1. The summed E-state index contributed by atoms with van der Waals surface area (Å²) in [5.74, 6) is -0.0841. The van der Waals surface area contributed by atoms with Gasteiger partial charge in [0.05, 0.1) is 5.75 Å². The van der Waals surface area contributed by atoms with Crippen molar-refractivity contribution in [2.75, 3.05) is 11.5 Å². The molecule has 0 aromatic heterocycles. The molecule has 1 aliphatic rings. The van der Waals surface area contributed by atoms with Gasteiger partial charge in [0.25, 0.3) is 0 Å². The lowest BCUT2D eigenvalue weighted by atomic mass is 10.2. The fraction of sp³-hybridized carbons (Fsp3) is 0.385. The Morgan fingerprint density at radius 2 is 2.16 bits per heavy atom. The first-order valence-electron chi connectivity index (χ1n) is 6.14. The van der Waals surface area contributed by atoms with Crippen molar-refractivity contribution in [1.29, 1.82) is 0 Å². The van der Waals surface area contributed by atoms with E-state index in [9.17, 15) is 9.59 Å². The first-order chi connectivity index (χ1) is 9.04. The molecular weight excluding hydrogens is 262 g/mol. The van der Waals surface area contributed by atoms with Gasteiger partial charge in [-0.05, 0) is 43.5 Å². The highest BCUT2D eigenvalue weighted by atomic mass is 32.2. The van der Waals surface area contributed by atoms with Crippen molar-refractivity contribution in [3.05, 3.63) is 23.8 Å². The van der Waals surface area contributed by atoms with Crippen molar-refractivity contribution in [1.82, 2.24) is 10.6 Å². The van der Waals surface area contributed by atoms with Crippen LogP contribution < -0.4 is 16.4 Å². The van der Waals surface area contributed by atoms with Gasteiger partial charge in [0.2, 0.25) is 5.91 Å². The van der Waals surface area contributed by atoms with Crippen molar-refractivity contribution in [2.24, 2.45) is 0 Å². The number of urea groups is 1. The number of amides is 3. The zero-order chi connectivity index (χ0) is 13.8. The Labute approximate surface area is 116 Å². The van der Waals surface area contributed by atoms with E-state index in [0.717, 1.165) is 29.0 Å². The first-order valence-corrected chi connectivity index (χ1v) is 7.12. The standard InChI is InChI=1S/C13H17N3O2S/c1-8-6-10(4-5-11(8)14)19-7-12(17)16-13(18)15-9-2-3-9/h4-6,9H,2-3,7,14H2,1H3,(H2,15,16,17,18). The number of carbonyl (C=O) groups is 2. The van der Waals surface area contributed by atoms with Gasteiger partial charge in [-0.3, -0.25) is 10.1 Å². The lowest BCUT2D eigenvalue weighted by molar-refractivity contribution is -0.117. The van der Waals surface area contributed by atoms with E-state index in [1.807, 2.05) is 25.1 Å². The molecule has 5 nitrogen and oxygen atoms in total. The highest BCUT2D eigenvalue weighted by Gasteiger charge is 2.23. The fourth-order valence-corrected chi connectivity index (χ4v) is 2.29. The maximum Gasteiger partial charge on any atom is 0.321 e. The van der Waals surface area contributed by atoms with Gasteiger partial charge in [-0.25, -0.2) is 4.79 Å². The van der Waals surface area contributed by atoms with Crippen LogP contribution in [0.25, 0.3) is 0 Å². The first kappa shape index (κ1) is 13.7. The number of rotatable bonds is 4. The van der Waals surface area contributed by atoms with Crippen LogP contribution in [0, 0.1) is 6.92 Å².